The molecular weight excluding hydrogens is 656 g/mol. The van der Waals surface area contributed by atoms with Crippen LogP contribution in [0.15, 0.2) is 48.5 Å². The van der Waals surface area contributed by atoms with Gasteiger partial charge < -0.3 is 28.8 Å². The van der Waals surface area contributed by atoms with Gasteiger partial charge in [0.1, 0.15) is 6.10 Å². The molecule has 3 aromatic carbocycles. The Morgan fingerprint density at radius 1 is 1.13 bits per heavy atom. The zero-order valence-corrected chi connectivity index (χ0v) is 28.0. The summed E-state index contributed by atoms with van der Waals surface area (Å²) < 4.78 is 17.4. The zero-order chi connectivity index (χ0) is 31.6. The topological polar surface area (TPSA) is 77.7 Å². The number of hydrogen-bond donors (Lipinski definition) is 1. The van der Waals surface area contributed by atoms with Crippen molar-refractivity contribution in [1.82, 2.24) is 19.4 Å². The van der Waals surface area contributed by atoms with Crippen molar-refractivity contribution in [2.45, 2.75) is 62.5 Å². The highest BCUT2D eigenvalue weighted by Crippen LogP contribution is 2.49. The van der Waals surface area contributed by atoms with Crippen LogP contribution in [-0.2, 0) is 33.1 Å². The number of alkyl halides is 1. The lowest BCUT2D eigenvalue weighted by Crippen LogP contribution is -2.59. The molecule has 5 aromatic rings. The highest BCUT2D eigenvalue weighted by Gasteiger charge is 2.48. The molecule has 232 valence electrons. The van der Waals surface area contributed by atoms with Gasteiger partial charge in [-0.3, -0.25) is 9.59 Å². The van der Waals surface area contributed by atoms with Crippen LogP contribution in [0.4, 0.5) is 0 Å². The van der Waals surface area contributed by atoms with Crippen LogP contribution in [0.3, 0.4) is 0 Å². The maximum atomic E-state index is 13.9. The summed E-state index contributed by atoms with van der Waals surface area (Å²) in [5, 5.41) is 6.80. The molecule has 0 fully saturated rings. The monoisotopic (exact) mass is 688 g/mol. The van der Waals surface area contributed by atoms with Gasteiger partial charge >= 0.3 is 0 Å². The second kappa shape index (κ2) is 11.4. The largest absolute Gasteiger partial charge is 0.374 e. The number of hydrogen-bond acceptors (Lipinski definition) is 4. The molecule has 4 atom stereocenters. The van der Waals surface area contributed by atoms with Gasteiger partial charge in [0, 0.05) is 83.8 Å². The molecule has 2 aliphatic rings. The van der Waals surface area contributed by atoms with Crippen LogP contribution < -0.4 is 5.32 Å². The molecule has 0 radical (unpaired) electrons. The van der Waals surface area contributed by atoms with E-state index >= 15 is 0 Å². The van der Waals surface area contributed by atoms with Crippen LogP contribution in [-0.4, -0.2) is 64.6 Å². The summed E-state index contributed by atoms with van der Waals surface area (Å²) in [5.41, 5.74) is 4.62. The number of fused-ring (bicyclic) bond motifs is 9. The lowest BCUT2D eigenvalue weighted by Gasteiger charge is -2.46. The van der Waals surface area contributed by atoms with E-state index < -0.39 is 17.9 Å². The average molecular weight is 690 g/mol. The van der Waals surface area contributed by atoms with Crippen molar-refractivity contribution in [3.63, 3.8) is 0 Å². The molecule has 0 saturated carbocycles. The number of benzene rings is 3. The molecule has 3 unspecified atom stereocenters. The van der Waals surface area contributed by atoms with E-state index in [1.165, 1.54) is 0 Å². The predicted molar refractivity (Wildman–Crippen MR) is 182 cm³/mol. The van der Waals surface area contributed by atoms with Gasteiger partial charge in [0.15, 0.2) is 5.72 Å². The molecule has 4 heterocycles. The van der Waals surface area contributed by atoms with E-state index in [1.807, 2.05) is 38.2 Å². The second-order valence-corrected chi connectivity index (χ2v) is 13.0. The first-order valence-corrected chi connectivity index (χ1v) is 16.4. The fraction of sp³-hybridized carbons (Fsp3) is 0.371. The number of amides is 2. The van der Waals surface area contributed by atoms with E-state index in [1.54, 1.807) is 19.1 Å². The summed E-state index contributed by atoms with van der Waals surface area (Å²) >= 11 is 9.40. The number of para-hydroxylation sites is 2. The molecule has 2 amide bonds. The van der Waals surface area contributed by atoms with Crippen LogP contribution in [0.2, 0.25) is 0 Å². The number of halogens is 2. The first kappa shape index (κ1) is 30.1. The Hall–Kier alpha value is -3.55. The number of carbonyl (C=O) groups is 2. The Morgan fingerprint density at radius 2 is 1.82 bits per heavy atom. The van der Waals surface area contributed by atoms with Crippen LogP contribution in [0.5, 0.6) is 0 Å². The predicted octanol–water partition coefficient (Wildman–Crippen LogP) is 6.45. The molecule has 1 N–H and O–H groups in total. The van der Waals surface area contributed by atoms with Crippen molar-refractivity contribution in [2.24, 2.45) is 0 Å². The molecule has 7 rings (SSSR count). The zero-order valence-electron chi connectivity index (χ0n) is 25.6. The Labute approximate surface area is 274 Å². The Balaban J connectivity index is 1.53. The number of methoxy groups -OCH3 is 2. The van der Waals surface area contributed by atoms with E-state index in [2.05, 4.69) is 65.4 Å². The van der Waals surface area contributed by atoms with E-state index in [9.17, 15) is 9.59 Å². The molecule has 2 aromatic heterocycles. The van der Waals surface area contributed by atoms with Crippen molar-refractivity contribution < 1.29 is 19.1 Å². The van der Waals surface area contributed by atoms with Crippen molar-refractivity contribution in [2.75, 3.05) is 21.3 Å². The molecule has 2 aliphatic heterocycles. The van der Waals surface area contributed by atoms with E-state index in [0.29, 0.717) is 32.4 Å². The van der Waals surface area contributed by atoms with Crippen molar-refractivity contribution >= 4 is 83.0 Å². The molecule has 0 bridgehead atoms. The third-order valence-electron chi connectivity index (χ3n) is 9.88. The molecule has 0 spiro atoms. The molecule has 10 heteroatoms. The maximum absolute atomic E-state index is 13.9. The number of likely N-dealkylation sites (N-methyl/N-ethyl adjacent to an activating group) is 1. The summed E-state index contributed by atoms with van der Waals surface area (Å²) in [6.45, 7) is 2.93. The third kappa shape index (κ3) is 4.34. The number of aromatic nitrogens is 2. The fourth-order valence-corrected chi connectivity index (χ4v) is 8.40. The van der Waals surface area contributed by atoms with Gasteiger partial charge in [-0.15, -0.1) is 11.6 Å². The maximum Gasteiger partial charge on any atom is 0.252 e. The summed E-state index contributed by atoms with van der Waals surface area (Å²) in [6.07, 6.45) is 0.968. The highest BCUT2D eigenvalue weighted by atomic mass is 79.9. The molecule has 8 nitrogen and oxygen atoms in total. The van der Waals surface area contributed by atoms with Gasteiger partial charge in [-0.25, -0.2) is 0 Å². The number of carbonyl (C=O) groups excluding carboxylic acids is 2. The van der Waals surface area contributed by atoms with Gasteiger partial charge in [-0.05, 0) is 42.3 Å². The quantitative estimate of drug-likeness (QED) is 0.157. The van der Waals surface area contributed by atoms with Crippen LogP contribution >= 0.6 is 27.5 Å². The number of rotatable bonds is 7. The minimum absolute atomic E-state index is 0.0134. The number of ether oxygens (including phenoxy) is 2. The van der Waals surface area contributed by atoms with Crippen molar-refractivity contribution in [3.05, 3.63) is 59.7 Å². The van der Waals surface area contributed by atoms with Gasteiger partial charge in [0.2, 0.25) is 5.91 Å². The standard InChI is InChI=1S/C35H34BrClN4O4/c1-35(45-4)33(44-3)26(39(2)27(42)15-9-10-20(37)16-17-36)19-40-24-13-7-5-11-21(24)29-30-23(18-38-34(30)43)28-22-12-6-8-14-25(22)41(35)32(28)31(29)40/h5-8,11-14,20,26,33H,9-10,15,18-19H2,1-4H3,(H,38,43)/t20?,26?,33?,35-/m0/s1. The van der Waals surface area contributed by atoms with E-state index in [-0.39, 0.29) is 17.2 Å². The van der Waals surface area contributed by atoms with E-state index in [4.69, 9.17) is 21.1 Å². The fourth-order valence-electron chi connectivity index (χ4n) is 7.78. The summed E-state index contributed by atoms with van der Waals surface area (Å²) in [6, 6.07) is 16.1. The Bertz CT molecular complexity index is 2090. The molecule has 45 heavy (non-hydrogen) atoms. The molecule has 0 saturated heterocycles. The minimum Gasteiger partial charge on any atom is -0.374 e. The Morgan fingerprint density at radius 3 is 2.51 bits per heavy atom. The highest BCUT2D eigenvalue weighted by molar-refractivity contribution is 9.12. The number of nitrogens with one attached hydrogen (secondary N) is 1. The van der Waals surface area contributed by atoms with Gasteiger partial charge in [0.25, 0.3) is 5.91 Å². The average Bonchev–Trinajstić information content (AvgIpc) is 3.69. The third-order valence-corrected chi connectivity index (χ3v) is 10.4. The Kier molecular flexibility index (Phi) is 7.60. The minimum atomic E-state index is -1.03. The lowest BCUT2D eigenvalue weighted by atomic mass is 9.94. The SMILES string of the molecule is COC1C(N(C)C(=O)CCCC(Cl)C#CBr)Cn2c3ccccc3c3c4c(c5c6ccccc6n(c5c32)[C@@]1(C)OC)CNC4=O. The molecule has 0 aliphatic carbocycles. The van der Waals surface area contributed by atoms with Gasteiger partial charge in [0.05, 0.1) is 33.5 Å². The van der Waals surface area contributed by atoms with Crippen molar-refractivity contribution in [1.29, 1.82) is 0 Å². The van der Waals surface area contributed by atoms with Gasteiger partial charge in [-0.1, -0.05) is 42.3 Å². The summed E-state index contributed by atoms with van der Waals surface area (Å²) in [7, 11) is 5.23. The van der Waals surface area contributed by atoms with Crippen LogP contribution in [0.25, 0.3) is 43.6 Å². The first-order valence-electron chi connectivity index (χ1n) is 15.1. The molecular formula is C35H34BrClN4O4. The first-order chi connectivity index (χ1) is 21.8. The summed E-state index contributed by atoms with van der Waals surface area (Å²) in [4.78, 5) is 31.9. The van der Waals surface area contributed by atoms with Crippen LogP contribution in [0.1, 0.15) is 42.1 Å². The lowest BCUT2D eigenvalue weighted by molar-refractivity contribution is -0.182. The van der Waals surface area contributed by atoms with Gasteiger partial charge in [-0.2, -0.15) is 0 Å². The smallest absolute Gasteiger partial charge is 0.252 e. The number of nitrogens with zero attached hydrogens (tertiary/aromatic N) is 3. The van der Waals surface area contributed by atoms with Crippen molar-refractivity contribution in [3.8, 4) is 10.8 Å². The van der Waals surface area contributed by atoms with Crippen LogP contribution in [0, 0.1) is 10.8 Å². The van der Waals surface area contributed by atoms with E-state index in [0.717, 1.165) is 54.7 Å². The second-order valence-electron chi connectivity index (χ2n) is 12.0. The summed E-state index contributed by atoms with van der Waals surface area (Å²) in [5.74, 6) is 2.80. The normalized spacial score (nSPS) is 21.5.